The van der Waals surface area contributed by atoms with Crippen LogP contribution in [0.15, 0.2) is 24.3 Å². The van der Waals surface area contributed by atoms with Gasteiger partial charge in [-0.2, -0.15) is 0 Å². The van der Waals surface area contributed by atoms with E-state index in [0.717, 1.165) is 5.69 Å². The smallest absolute Gasteiger partial charge is 0.174 e. The molecule has 0 amide bonds. The van der Waals surface area contributed by atoms with Crippen molar-refractivity contribution in [3.05, 3.63) is 29.8 Å². The number of anilines is 1. The van der Waals surface area contributed by atoms with Crippen LogP contribution in [0, 0.1) is 0 Å². The van der Waals surface area contributed by atoms with Gasteiger partial charge in [-0.15, -0.1) is 0 Å². The highest BCUT2D eigenvalue weighted by molar-refractivity contribution is 5.54. The van der Waals surface area contributed by atoms with Crippen molar-refractivity contribution >= 4 is 5.69 Å². The number of rotatable bonds is 7. The van der Waals surface area contributed by atoms with E-state index in [9.17, 15) is 0 Å². The zero-order valence-electron chi connectivity index (χ0n) is 12.8. The summed E-state index contributed by atoms with van der Waals surface area (Å²) in [6.07, 6.45) is -0.192. The molecule has 0 radical (unpaired) electrons. The highest BCUT2D eigenvalue weighted by atomic mass is 16.7. The molecule has 1 N–H and O–H groups in total. The third kappa shape index (κ3) is 5.21. The summed E-state index contributed by atoms with van der Waals surface area (Å²) in [5.41, 5.74) is 2.58. The predicted octanol–water partition coefficient (Wildman–Crippen LogP) is 3.80. The van der Waals surface area contributed by atoms with Gasteiger partial charge in [-0.1, -0.05) is 39.0 Å². The van der Waals surface area contributed by atoms with Crippen molar-refractivity contribution in [1.82, 2.24) is 0 Å². The van der Waals surface area contributed by atoms with Crippen molar-refractivity contribution < 1.29 is 9.47 Å². The van der Waals surface area contributed by atoms with Crippen molar-refractivity contribution in [2.75, 3.05) is 25.1 Å². The maximum atomic E-state index is 5.54. The molecule has 108 valence electrons. The fraction of sp³-hybridized carbons (Fsp3) is 0.625. The lowest BCUT2D eigenvalue weighted by Gasteiger charge is -2.25. The summed E-state index contributed by atoms with van der Waals surface area (Å²) in [7, 11) is 0. The lowest BCUT2D eigenvalue weighted by molar-refractivity contribution is -0.126. The molecule has 0 fully saturated rings. The third-order valence-corrected chi connectivity index (χ3v) is 2.90. The molecule has 0 atom stereocenters. The molecule has 0 aromatic heterocycles. The first-order chi connectivity index (χ1) is 8.99. The van der Waals surface area contributed by atoms with E-state index in [0.29, 0.717) is 19.8 Å². The molecule has 0 unspecified atom stereocenters. The zero-order chi connectivity index (χ0) is 14.3. The summed E-state index contributed by atoms with van der Waals surface area (Å²) in [6.45, 7) is 12.6. The number of hydrogen-bond acceptors (Lipinski definition) is 3. The molecule has 0 heterocycles. The Labute approximate surface area is 117 Å². The minimum Gasteiger partial charge on any atom is -0.380 e. The number of ether oxygens (including phenoxy) is 2. The summed E-state index contributed by atoms with van der Waals surface area (Å²) in [5.74, 6) is 0. The second-order valence-corrected chi connectivity index (χ2v) is 5.52. The number of nitrogens with one attached hydrogen (secondary N) is 1. The van der Waals surface area contributed by atoms with Gasteiger partial charge in [0.1, 0.15) is 0 Å². The second kappa shape index (κ2) is 7.51. The van der Waals surface area contributed by atoms with Gasteiger partial charge in [-0.05, 0) is 30.9 Å². The lowest BCUT2D eigenvalue weighted by Crippen LogP contribution is -2.27. The van der Waals surface area contributed by atoms with Crippen molar-refractivity contribution in [3.63, 3.8) is 0 Å². The highest BCUT2D eigenvalue weighted by Crippen LogP contribution is 2.29. The van der Waals surface area contributed by atoms with Crippen LogP contribution >= 0.6 is 0 Å². The molecule has 0 aliphatic heterocycles. The number of para-hydroxylation sites is 1. The minimum atomic E-state index is -0.192. The monoisotopic (exact) mass is 265 g/mol. The molecule has 0 spiro atoms. The van der Waals surface area contributed by atoms with E-state index in [4.69, 9.17) is 9.47 Å². The summed E-state index contributed by atoms with van der Waals surface area (Å²) in [5, 5.41) is 3.44. The molecule has 1 aromatic rings. The Morgan fingerprint density at radius 2 is 1.63 bits per heavy atom. The molecular weight excluding hydrogens is 238 g/mol. The van der Waals surface area contributed by atoms with Gasteiger partial charge in [-0.25, -0.2) is 0 Å². The molecule has 0 bridgehead atoms. The maximum absolute atomic E-state index is 5.54. The van der Waals surface area contributed by atoms with Gasteiger partial charge in [0.05, 0.1) is 6.54 Å². The van der Waals surface area contributed by atoms with Gasteiger partial charge in [0, 0.05) is 18.9 Å². The van der Waals surface area contributed by atoms with E-state index in [-0.39, 0.29) is 11.7 Å². The third-order valence-electron chi connectivity index (χ3n) is 2.90. The van der Waals surface area contributed by atoms with Crippen LogP contribution in [0.5, 0.6) is 0 Å². The average molecular weight is 265 g/mol. The molecule has 3 nitrogen and oxygen atoms in total. The van der Waals surface area contributed by atoms with Crippen LogP contribution in [0.1, 0.15) is 40.2 Å². The van der Waals surface area contributed by atoms with E-state index in [1.165, 1.54) is 5.56 Å². The van der Waals surface area contributed by atoms with Gasteiger partial charge in [0.25, 0.3) is 0 Å². The van der Waals surface area contributed by atoms with Crippen molar-refractivity contribution in [2.45, 2.75) is 46.3 Å². The molecule has 1 rings (SSSR count). The molecule has 0 saturated heterocycles. The second-order valence-electron chi connectivity index (χ2n) is 5.52. The lowest BCUT2D eigenvalue weighted by atomic mass is 9.86. The van der Waals surface area contributed by atoms with Crippen LogP contribution in [0.25, 0.3) is 0 Å². The van der Waals surface area contributed by atoms with Gasteiger partial charge in [-0.3, -0.25) is 0 Å². The Morgan fingerprint density at radius 1 is 1.05 bits per heavy atom. The molecule has 1 aromatic carbocycles. The number of hydrogen-bond donors (Lipinski definition) is 1. The van der Waals surface area contributed by atoms with Crippen LogP contribution < -0.4 is 5.32 Å². The Hall–Kier alpha value is -1.06. The fourth-order valence-corrected chi connectivity index (χ4v) is 2.02. The van der Waals surface area contributed by atoms with E-state index < -0.39 is 0 Å². The first-order valence-electron chi connectivity index (χ1n) is 7.05. The van der Waals surface area contributed by atoms with E-state index in [1.54, 1.807) is 0 Å². The molecule has 19 heavy (non-hydrogen) atoms. The van der Waals surface area contributed by atoms with Crippen LogP contribution in [-0.2, 0) is 14.9 Å². The largest absolute Gasteiger partial charge is 0.380 e. The Balaban J connectivity index is 2.71. The van der Waals surface area contributed by atoms with Gasteiger partial charge in [0.15, 0.2) is 6.29 Å². The SMILES string of the molecule is CCOC(CNc1ccccc1C(C)(C)C)OCC. The summed E-state index contributed by atoms with van der Waals surface area (Å²) in [6, 6.07) is 8.40. The summed E-state index contributed by atoms with van der Waals surface area (Å²) in [4.78, 5) is 0. The molecule has 0 saturated carbocycles. The standard InChI is InChI=1S/C16H27NO2/c1-6-18-15(19-7-2)12-17-14-11-9-8-10-13(14)16(3,4)5/h8-11,15,17H,6-7,12H2,1-5H3. The van der Waals surface area contributed by atoms with Crippen LogP contribution in [0.2, 0.25) is 0 Å². The van der Waals surface area contributed by atoms with E-state index in [2.05, 4.69) is 44.3 Å². The van der Waals surface area contributed by atoms with Gasteiger partial charge in [0.2, 0.25) is 0 Å². The van der Waals surface area contributed by atoms with E-state index in [1.807, 2.05) is 19.9 Å². The topological polar surface area (TPSA) is 30.5 Å². The van der Waals surface area contributed by atoms with Crippen molar-refractivity contribution in [2.24, 2.45) is 0 Å². The van der Waals surface area contributed by atoms with Crippen LogP contribution in [0.4, 0.5) is 5.69 Å². The highest BCUT2D eigenvalue weighted by Gasteiger charge is 2.18. The number of benzene rings is 1. The first-order valence-corrected chi connectivity index (χ1v) is 7.05. The maximum Gasteiger partial charge on any atom is 0.174 e. The van der Waals surface area contributed by atoms with Crippen LogP contribution in [0.3, 0.4) is 0 Å². The zero-order valence-corrected chi connectivity index (χ0v) is 12.8. The summed E-state index contributed by atoms with van der Waals surface area (Å²) < 4.78 is 11.1. The Kier molecular flexibility index (Phi) is 6.32. The van der Waals surface area contributed by atoms with E-state index >= 15 is 0 Å². The van der Waals surface area contributed by atoms with Crippen molar-refractivity contribution in [3.8, 4) is 0 Å². The predicted molar refractivity (Wildman–Crippen MR) is 80.7 cm³/mol. The Bertz CT molecular complexity index is 365. The first kappa shape index (κ1) is 16.0. The minimum absolute atomic E-state index is 0.121. The van der Waals surface area contributed by atoms with Gasteiger partial charge >= 0.3 is 0 Å². The summed E-state index contributed by atoms with van der Waals surface area (Å²) >= 11 is 0. The van der Waals surface area contributed by atoms with Crippen LogP contribution in [-0.4, -0.2) is 26.0 Å². The van der Waals surface area contributed by atoms with Gasteiger partial charge < -0.3 is 14.8 Å². The molecule has 0 aliphatic carbocycles. The molecule has 3 heteroatoms. The molecular formula is C16H27NO2. The average Bonchev–Trinajstić information content (AvgIpc) is 2.36. The Morgan fingerprint density at radius 3 is 2.16 bits per heavy atom. The quantitative estimate of drug-likeness (QED) is 0.761. The molecule has 0 aliphatic rings. The van der Waals surface area contributed by atoms with Crippen molar-refractivity contribution in [1.29, 1.82) is 0 Å². The fourth-order valence-electron chi connectivity index (χ4n) is 2.02. The normalized spacial score (nSPS) is 11.9.